The van der Waals surface area contributed by atoms with Gasteiger partial charge in [-0.25, -0.2) is 0 Å². The first kappa shape index (κ1) is 13.0. The molecule has 1 heterocycles. The first-order valence-electron chi connectivity index (χ1n) is 6.43. The number of nitrogens with zero attached hydrogens (tertiary/aromatic N) is 1. The summed E-state index contributed by atoms with van der Waals surface area (Å²) < 4.78 is 0. The molecular weight excluding hydrogens is 184 g/mol. The van der Waals surface area contributed by atoms with Crippen molar-refractivity contribution in [1.82, 2.24) is 10.2 Å². The second-order valence-corrected chi connectivity index (χ2v) is 6.10. The smallest absolute Gasteiger partial charge is 0.0107 e. The van der Waals surface area contributed by atoms with Gasteiger partial charge >= 0.3 is 0 Å². The third-order valence-corrected chi connectivity index (χ3v) is 3.37. The second kappa shape index (κ2) is 5.86. The van der Waals surface area contributed by atoms with Gasteiger partial charge in [0.25, 0.3) is 0 Å². The summed E-state index contributed by atoms with van der Waals surface area (Å²) in [4.78, 5) is 2.60. The van der Waals surface area contributed by atoms with Crippen molar-refractivity contribution in [3.63, 3.8) is 0 Å². The Morgan fingerprint density at radius 2 is 1.80 bits per heavy atom. The molecular formula is C13H28N2. The van der Waals surface area contributed by atoms with E-state index in [9.17, 15) is 0 Å². The predicted molar refractivity (Wildman–Crippen MR) is 67.2 cm³/mol. The first-order chi connectivity index (χ1) is 6.99. The molecule has 1 aliphatic rings. The van der Waals surface area contributed by atoms with Crippen LogP contribution in [0, 0.1) is 11.3 Å². The van der Waals surface area contributed by atoms with E-state index in [0.29, 0.717) is 5.41 Å². The van der Waals surface area contributed by atoms with Crippen LogP contribution < -0.4 is 5.32 Å². The van der Waals surface area contributed by atoms with Gasteiger partial charge in [0.1, 0.15) is 0 Å². The summed E-state index contributed by atoms with van der Waals surface area (Å²) in [7, 11) is 0. The Morgan fingerprint density at radius 3 is 2.33 bits per heavy atom. The van der Waals surface area contributed by atoms with Crippen molar-refractivity contribution in [3.8, 4) is 0 Å². The normalized spacial score (nSPS) is 22.2. The molecule has 15 heavy (non-hydrogen) atoms. The molecule has 0 spiro atoms. The van der Waals surface area contributed by atoms with Crippen LogP contribution in [-0.4, -0.2) is 37.6 Å². The Hall–Kier alpha value is -0.0800. The maximum atomic E-state index is 3.51. The van der Waals surface area contributed by atoms with Crippen LogP contribution in [0.1, 0.15) is 40.5 Å². The van der Waals surface area contributed by atoms with Crippen molar-refractivity contribution in [1.29, 1.82) is 0 Å². The van der Waals surface area contributed by atoms with Gasteiger partial charge in [0.2, 0.25) is 0 Å². The van der Waals surface area contributed by atoms with Gasteiger partial charge in [0.05, 0.1) is 0 Å². The van der Waals surface area contributed by atoms with Crippen LogP contribution in [0.5, 0.6) is 0 Å². The highest BCUT2D eigenvalue weighted by Gasteiger charge is 2.24. The maximum absolute atomic E-state index is 3.51. The molecule has 0 atom stereocenters. The van der Waals surface area contributed by atoms with E-state index in [1.54, 1.807) is 0 Å². The molecule has 1 saturated heterocycles. The maximum Gasteiger partial charge on any atom is 0.0107 e. The monoisotopic (exact) mass is 212 g/mol. The van der Waals surface area contributed by atoms with E-state index in [1.807, 2.05) is 0 Å². The van der Waals surface area contributed by atoms with E-state index < -0.39 is 0 Å². The second-order valence-electron chi connectivity index (χ2n) is 6.10. The van der Waals surface area contributed by atoms with Gasteiger partial charge in [-0.05, 0) is 43.8 Å². The van der Waals surface area contributed by atoms with E-state index in [-0.39, 0.29) is 0 Å². The zero-order valence-electron chi connectivity index (χ0n) is 11.0. The fourth-order valence-electron chi connectivity index (χ4n) is 2.01. The van der Waals surface area contributed by atoms with Crippen molar-refractivity contribution in [2.75, 3.05) is 32.7 Å². The van der Waals surface area contributed by atoms with E-state index in [4.69, 9.17) is 0 Å². The standard InChI is InChI=1S/C13H28N2/c1-12(2)11-14-7-10-15-8-5-13(3,4)6-9-15/h12,14H,5-11H2,1-4H3. The summed E-state index contributed by atoms with van der Waals surface area (Å²) in [5, 5.41) is 3.51. The molecule has 0 unspecified atom stereocenters. The zero-order valence-corrected chi connectivity index (χ0v) is 11.0. The van der Waals surface area contributed by atoms with Gasteiger partial charge in [-0.2, -0.15) is 0 Å². The molecule has 0 radical (unpaired) electrons. The summed E-state index contributed by atoms with van der Waals surface area (Å²) in [6.45, 7) is 15.4. The Kier molecular flexibility index (Phi) is 5.07. The van der Waals surface area contributed by atoms with Crippen molar-refractivity contribution in [2.45, 2.75) is 40.5 Å². The Morgan fingerprint density at radius 1 is 1.20 bits per heavy atom. The average Bonchev–Trinajstić information content (AvgIpc) is 2.14. The Balaban J connectivity index is 2.04. The quantitative estimate of drug-likeness (QED) is 0.704. The van der Waals surface area contributed by atoms with Gasteiger partial charge in [-0.15, -0.1) is 0 Å². The van der Waals surface area contributed by atoms with E-state index in [0.717, 1.165) is 19.0 Å². The van der Waals surface area contributed by atoms with Crippen LogP contribution in [0.4, 0.5) is 0 Å². The van der Waals surface area contributed by atoms with Gasteiger partial charge in [0.15, 0.2) is 0 Å². The number of rotatable bonds is 5. The summed E-state index contributed by atoms with van der Waals surface area (Å²) in [6, 6.07) is 0. The SMILES string of the molecule is CC(C)CNCCN1CCC(C)(C)CC1. The van der Waals surface area contributed by atoms with E-state index >= 15 is 0 Å². The van der Waals surface area contributed by atoms with Crippen LogP contribution >= 0.6 is 0 Å². The molecule has 0 aromatic carbocycles. The largest absolute Gasteiger partial charge is 0.315 e. The first-order valence-corrected chi connectivity index (χ1v) is 6.43. The predicted octanol–water partition coefficient (Wildman–Crippen LogP) is 2.35. The van der Waals surface area contributed by atoms with Gasteiger partial charge in [-0.1, -0.05) is 27.7 Å². The van der Waals surface area contributed by atoms with Crippen LogP contribution in [0.2, 0.25) is 0 Å². The minimum absolute atomic E-state index is 0.585. The molecule has 0 aromatic rings. The van der Waals surface area contributed by atoms with Gasteiger partial charge in [-0.3, -0.25) is 0 Å². The minimum Gasteiger partial charge on any atom is -0.315 e. The fourth-order valence-corrected chi connectivity index (χ4v) is 2.01. The fraction of sp³-hybridized carbons (Fsp3) is 1.00. The molecule has 90 valence electrons. The zero-order chi connectivity index (χ0) is 11.3. The van der Waals surface area contributed by atoms with Crippen LogP contribution in [0.3, 0.4) is 0 Å². The number of hydrogen-bond acceptors (Lipinski definition) is 2. The van der Waals surface area contributed by atoms with Crippen molar-refractivity contribution < 1.29 is 0 Å². The topological polar surface area (TPSA) is 15.3 Å². The number of likely N-dealkylation sites (tertiary alicyclic amines) is 1. The van der Waals surface area contributed by atoms with Crippen molar-refractivity contribution in [2.24, 2.45) is 11.3 Å². The Labute approximate surface area is 95.4 Å². The molecule has 0 amide bonds. The van der Waals surface area contributed by atoms with E-state index in [2.05, 4.69) is 37.9 Å². The van der Waals surface area contributed by atoms with Crippen molar-refractivity contribution >= 4 is 0 Å². The molecule has 1 aliphatic heterocycles. The third kappa shape index (κ3) is 5.53. The highest BCUT2D eigenvalue weighted by Crippen LogP contribution is 2.29. The summed E-state index contributed by atoms with van der Waals surface area (Å²) in [5.74, 6) is 0.769. The molecule has 2 nitrogen and oxygen atoms in total. The lowest BCUT2D eigenvalue weighted by molar-refractivity contribution is 0.133. The molecule has 1 fully saturated rings. The lowest BCUT2D eigenvalue weighted by atomic mass is 9.83. The van der Waals surface area contributed by atoms with Gasteiger partial charge in [0, 0.05) is 13.1 Å². The summed E-state index contributed by atoms with van der Waals surface area (Å²) in [5.41, 5.74) is 0.585. The van der Waals surface area contributed by atoms with Crippen LogP contribution in [-0.2, 0) is 0 Å². The summed E-state index contributed by atoms with van der Waals surface area (Å²) in [6.07, 6.45) is 2.72. The molecule has 0 bridgehead atoms. The number of hydrogen-bond donors (Lipinski definition) is 1. The van der Waals surface area contributed by atoms with E-state index in [1.165, 1.54) is 32.5 Å². The summed E-state index contributed by atoms with van der Waals surface area (Å²) >= 11 is 0. The van der Waals surface area contributed by atoms with Crippen molar-refractivity contribution in [3.05, 3.63) is 0 Å². The molecule has 1 rings (SSSR count). The molecule has 0 aromatic heterocycles. The molecule has 0 saturated carbocycles. The minimum atomic E-state index is 0.585. The third-order valence-electron chi connectivity index (χ3n) is 3.37. The highest BCUT2D eigenvalue weighted by molar-refractivity contribution is 4.78. The van der Waals surface area contributed by atoms with Crippen LogP contribution in [0.25, 0.3) is 0 Å². The Bertz CT molecular complexity index is 165. The number of nitrogens with one attached hydrogen (secondary N) is 1. The molecule has 0 aliphatic carbocycles. The average molecular weight is 212 g/mol. The lowest BCUT2D eigenvalue weighted by Crippen LogP contribution is -2.41. The number of piperidine rings is 1. The highest BCUT2D eigenvalue weighted by atomic mass is 15.1. The van der Waals surface area contributed by atoms with Gasteiger partial charge < -0.3 is 10.2 Å². The van der Waals surface area contributed by atoms with Crippen LogP contribution in [0.15, 0.2) is 0 Å². The molecule has 2 heteroatoms. The lowest BCUT2D eigenvalue weighted by Gasteiger charge is -2.36. The molecule has 1 N–H and O–H groups in total.